The number of benzene rings is 1. The lowest BCUT2D eigenvalue weighted by Gasteiger charge is -2.25. The van der Waals surface area contributed by atoms with E-state index in [1.807, 2.05) is 26.0 Å². The summed E-state index contributed by atoms with van der Waals surface area (Å²) in [5, 5.41) is 9.06. The Kier molecular flexibility index (Phi) is 8.86. The smallest absolute Gasteiger partial charge is 0.268 e. The molecule has 1 aliphatic rings. The van der Waals surface area contributed by atoms with Gasteiger partial charge < -0.3 is 30.4 Å². The Hall–Kier alpha value is -3.40. The lowest BCUT2D eigenvalue weighted by molar-refractivity contribution is -0.132. The van der Waals surface area contributed by atoms with Gasteiger partial charge in [-0.3, -0.25) is 19.2 Å². The van der Waals surface area contributed by atoms with Crippen LogP contribution in [0, 0.1) is 11.8 Å². The second-order valence-corrected chi connectivity index (χ2v) is 9.23. The zero-order chi connectivity index (χ0) is 25.5. The molecule has 1 aliphatic heterocycles. The topological polar surface area (TPSA) is 139 Å². The van der Waals surface area contributed by atoms with E-state index in [9.17, 15) is 19.2 Å². The van der Waals surface area contributed by atoms with Gasteiger partial charge in [0.15, 0.2) is 5.78 Å². The minimum atomic E-state index is -0.889. The number of carbonyl (C=O) groups excluding carboxylic acids is 4. The number of rotatable bonds is 12. The molecule has 0 spiro atoms. The third-order valence-electron chi connectivity index (χ3n) is 6.09. The Labute approximate surface area is 204 Å². The fraction of sp³-hybridized carbons (Fsp3) is 0.520. The predicted molar refractivity (Wildman–Crippen MR) is 130 cm³/mol. The number of H-pyrrole nitrogens is 1. The van der Waals surface area contributed by atoms with E-state index in [1.54, 1.807) is 19.2 Å². The van der Waals surface area contributed by atoms with E-state index in [1.165, 1.54) is 7.11 Å². The Morgan fingerprint density at radius 3 is 2.54 bits per heavy atom. The monoisotopic (exact) mass is 486 g/mol. The van der Waals surface area contributed by atoms with Gasteiger partial charge in [0.25, 0.3) is 5.91 Å². The maximum Gasteiger partial charge on any atom is 0.268 e. The van der Waals surface area contributed by atoms with Crippen LogP contribution in [-0.2, 0) is 19.1 Å². The van der Waals surface area contributed by atoms with Gasteiger partial charge in [0.2, 0.25) is 11.8 Å². The molecule has 0 radical (unpaired) electrons. The van der Waals surface area contributed by atoms with E-state index in [-0.39, 0.29) is 36.6 Å². The van der Waals surface area contributed by atoms with Crippen LogP contribution in [-0.4, -0.2) is 67.9 Å². The first-order valence-electron chi connectivity index (χ1n) is 11.8. The quantitative estimate of drug-likeness (QED) is 0.359. The van der Waals surface area contributed by atoms with Crippen molar-refractivity contribution in [3.8, 4) is 5.75 Å². The fourth-order valence-electron chi connectivity index (χ4n) is 4.31. The van der Waals surface area contributed by atoms with Crippen molar-refractivity contribution in [3.63, 3.8) is 0 Å². The number of ketones is 1. The Morgan fingerprint density at radius 2 is 1.91 bits per heavy atom. The molecule has 2 aromatic rings. The van der Waals surface area contributed by atoms with Crippen LogP contribution in [0.4, 0.5) is 0 Å². The van der Waals surface area contributed by atoms with Gasteiger partial charge in [0.05, 0.1) is 13.2 Å². The summed E-state index contributed by atoms with van der Waals surface area (Å²) in [7, 11) is 2.96. The molecule has 35 heavy (non-hydrogen) atoms. The number of carbonyl (C=O) groups is 4. The van der Waals surface area contributed by atoms with Crippen molar-refractivity contribution < 1.29 is 28.7 Å². The molecule has 2 heterocycles. The first kappa shape index (κ1) is 26.2. The molecule has 1 aromatic heterocycles. The lowest BCUT2D eigenvalue weighted by Crippen LogP contribution is -2.53. The van der Waals surface area contributed by atoms with E-state index in [0.29, 0.717) is 30.8 Å². The molecule has 3 unspecified atom stereocenters. The van der Waals surface area contributed by atoms with Crippen molar-refractivity contribution >= 4 is 34.4 Å². The van der Waals surface area contributed by atoms with Gasteiger partial charge >= 0.3 is 0 Å². The number of hydrogen-bond donors (Lipinski definition) is 4. The minimum absolute atomic E-state index is 0.0996. The van der Waals surface area contributed by atoms with Crippen molar-refractivity contribution in [1.82, 2.24) is 20.9 Å². The van der Waals surface area contributed by atoms with Crippen LogP contribution in [0.25, 0.3) is 10.9 Å². The minimum Gasteiger partial charge on any atom is -0.496 e. The third-order valence-corrected chi connectivity index (χ3v) is 6.09. The van der Waals surface area contributed by atoms with E-state index in [2.05, 4.69) is 20.9 Å². The second kappa shape index (κ2) is 11.8. The van der Waals surface area contributed by atoms with Crippen molar-refractivity contribution in [2.24, 2.45) is 11.8 Å². The molecule has 3 atom stereocenters. The maximum absolute atomic E-state index is 13.2. The van der Waals surface area contributed by atoms with Gasteiger partial charge in [0, 0.05) is 30.5 Å². The summed E-state index contributed by atoms with van der Waals surface area (Å²) in [6.45, 7) is 4.24. The number of nitrogens with one attached hydrogen (secondary N) is 4. The molecule has 0 saturated carbocycles. The van der Waals surface area contributed by atoms with E-state index < -0.39 is 23.9 Å². The average Bonchev–Trinajstić information content (AvgIpc) is 3.43. The Morgan fingerprint density at radius 1 is 1.14 bits per heavy atom. The van der Waals surface area contributed by atoms with E-state index in [4.69, 9.17) is 9.47 Å². The van der Waals surface area contributed by atoms with Gasteiger partial charge in [0.1, 0.15) is 24.1 Å². The number of aromatic amines is 1. The molecule has 1 aromatic carbocycles. The van der Waals surface area contributed by atoms with Crippen LogP contribution in [0.2, 0.25) is 0 Å². The van der Waals surface area contributed by atoms with Crippen LogP contribution in [0.3, 0.4) is 0 Å². The standard InChI is InChI=1S/C25H34N4O6/c1-14(2)10-19(29-25(33)20-12-16-17(27-20)6-5-7-22(16)35-4)24(32)28-18(21(30)13-34-3)11-15-8-9-26-23(15)31/h5-7,12,14-15,18-19,27H,8-11,13H2,1-4H3,(H,26,31)(H,28,32)(H,29,33). The molecular weight excluding hydrogens is 452 g/mol. The number of ether oxygens (including phenoxy) is 2. The molecule has 1 saturated heterocycles. The normalized spacial score (nSPS) is 17.2. The fourth-order valence-corrected chi connectivity index (χ4v) is 4.31. The van der Waals surface area contributed by atoms with E-state index >= 15 is 0 Å². The first-order chi connectivity index (χ1) is 16.7. The predicted octanol–water partition coefficient (Wildman–Crippen LogP) is 1.55. The molecule has 190 valence electrons. The third kappa shape index (κ3) is 6.60. The van der Waals surface area contributed by atoms with Crippen LogP contribution in [0.1, 0.15) is 43.6 Å². The van der Waals surface area contributed by atoms with Gasteiger partial charge in [-0.25, -0.2) is 0 Å². The van der Waals surface area contributed by atoms with Gasteiger partial charge in [-0.15, -0.1) is 0 Å². The number of amides is 3. The maximum atomic E-state index is 13.2. The molecule has 10 heteroatoms. The molecule has 0 aliphatic carbocycles. The van der Waals surface area contributed by atoms with Gasteiger partial charge in [-0.1, -0.05) is 19.9 Å². The summed E-state index contributed by atoms with van der Waals surface area (Å²) in [6.07, 6.45) is 1.15. The number of fused-ring (bicyclic) bond motifs is 1. The van der Waals surface area contributed by atoms with Gasteiger partial charge in [-0.2, -0.15) is 0 Å². The van der Waals surface area contributed by atoms with Crippen LogP contribution >= 0.6 is 0 Å². The second-order valence-electron chi connectivity index (χ2n) is 9.23. The molecule has 0 bridgehead atoms. The molecule has 1 fully saturated rings. The molecule has 3 rings (SSSR count). The lowest BCUT2D eigenvalue weighted by atomic mass is 9.95. The highest BCUT2D eigenvalue weighted by atomic mass is 16.5. The Bertz CT molecular complexity index is 1080. The van der Waals surface area contributed by atoms with Crippen molar-refractivity contribution in [3.05, 3.63) is 30.0 Å². The van der Waals surface area contributed by atoms with Crippen LogP contribution in [0.15, 0.2) is 24.3 Å². The summed E-state index contributed by atoms with van der Waals surface area (Å²) < 4.78 is 10.3. The highest BCUT2D eigenvalue weighted by Crippen LogP contribution is 2.26. The summed E-state index contributed by atoms with van der Waals surface area (Å²) in [4.78, 5) is 54.0. The highest BCUT2D eigenvalue weighted by molar-refractivity contribution is 6.02. The molecular formula is C25H34N4O6. The average molecular weight is 487 g/mol. The zero-order valence-electron chi connectivity index (χ0n) is 20.6. The largest absolute Gasteiger partial charge is 0.496 e. The summed E-state index contributed by atoms with van der Waals surface area (Å²) in [6, 6.07) is 5.37. The van der Waals surface area contributed by atoms with Crippen LogP contribution < -0.4 is 20.7 Å². The molecule has 4 N–H and O–H groups in total. The summed E-state index contributed by atoms with van der Waals surface area (Å²) >= 11 is 0. The number of Topliss-reactive ketones (excluding diaryl/α,β-unsaturated/α-hetero) is 1. The van der Waals surface area contributed by atoms with Crippen molar-refractivity contribution in [2.45, 2.75) is 45.2 Å². The first-order valence-corrected chi connectivity index (χ1v) is 11.8. The van der Waals surface area contributed by atoms with Crippen molar-refractivity contribution in [2.75, 3.05) is 27.4 Å². The zero-order valence-corrected chi connectivity index (χ0v) is 20.6. The number of methoxy groups -OCH3 is 2. The van der Waals surface area contributed by atoms with Crippen LogP contribution in [0.5, 0.6) is 5.75 Å². The SMILES string of the molecule is COCC(=O)C(CC1CCNC1=O)NC(=O)C(CC(C)C)NC(=O)c1cc2c(OC)cccc2[nH]1. The summed E-state index contributed by atoms with van der Waals surface area (Å²) in [5.41, 5.74) is 1.03. The highest BCUT2D eigenvalue weighted by Gasteiger charge is 2.33. The van der Waals surface area contributed by atoms with Crippen molar-refractivity contribution in [1.29, 1.82) is 0 Å². The van der Waals surface area contributed by atoms with Gasteiger partial charge in [-0.05, 0) is 43.4 Å². The Balaban J connectivity index is 1.76. The molecule has 3 amide bonds. The number of aromatic nitrogens is 1. The molecule has 10 nitrogen and oxygen atoms in total. The van der Waals surface area contributed by atoms with E-state index in [0.717, 1.165) is 10.9 Å². The summed E-state index contributed by atoms with van der Waals surface area (Å²) in [5.74, 6) is -1.01. The number of hydrogen-bond acceptors (Lipinski definition) is 6.